The Morgan fingerprint density at radius 2 is 1.11 bits per heavy atom. The smallest absolute Gasteiger partial charge is 0.235 e. The molecule has 0 spiro atoms. The minimum absolute atomic E-state index is 0.601. The molecule has 0 atom stereocenters. The van der Waals surface area contributed by atoms with Crippen LogP contribution in [0.3, 0.4) is 0 Å². The number of rotatable bonds is 4. The monoisotopic (exact) mass is 702 g/mol. The van der Waals surface area contributed by atoms with Crippen molar-refractivity contribution >= 4 is 77.7 Å². The molecule has 0 N–H and O–H groups in total. The van der Waals surface area contributed by atoms with Crippen molar-refractivity contribution in [3.8, 4) is 22.9 Å². The third-order valence-electron chi connectivity index (χ3n) is 11.3. The molecule has 0 aliphatic heterocycles. The van der Waals surface area contributed by atoms with Crippen LogP contribution in [0.2, 0.25) is 0 Å². The lowest BCUT2D eigenvalue weighted by molar-refractivity contribution is 0.954. The standard InChI is InChI=1S/C51H34N4/c1-32-43(41-24-13-15-27-47(41)54(32)48-30-37-20-8-9-21-38(37)39-22-10-11-23-40(39)48)31-44-33(2)55(49-29-36-19-7-6-18-35(36)28-45(44)49)51-52-46-26-14-12-25-42(46)50(53-51)34-16-4-3-5-17-34/h3-31H,2H2,1H3/b44-31+. The topological polar surface area (TPSA) is 35.6 Å². The van der Waals surface area contributed by atoms with Gasteiger partial charge in [0.1, 0.15) is 0 Å². The molecule has 0 aliphatic rings. The number of hydrogen-bond donors (Lipinski definition) is 0. The SMILES string of the molecule is C=c1/c(=C\c2c(C)n(-c3cc4ccccc4c4ccccc34)c3ccccc23)c2cc3ccccc3cc2n1-c1nc(-c2ccccc2)c2ccccc2n1. The molecule has 11 aromatic rings. The van der Waals surface area contributed by atoms with Gasteiger partial charge in [-0.25, -0.2) is 9.97 Å². The van der Waals surface area contributed by atoms with E-state index < -0.39 is 0 Å². The molecule has 0 saturated heterocycles. The first kappa shape index (κ1) is 31.2. The molecular weight excluding hydrogens is 669 g/mol. The summed E-state index contributed by atoms with van der Waals surface area (Å²) in [7, 11) is 0. The third-order valence-corrected chi connectivity index (χ3v) is 11.3. The van der Waals surface area contributed by atoms with Crippen molar-refractivity contribution in [2.24, 2.45) is 0 Å². The van der Waals surface area contributed by atoms with E-state index in [0.717, 1.165) is 65.8 Å². The lowest BCUT2D eigenvalue weighted by Gasteiger charge is -2.15. The van der Waals surface area contributed by atoms with E-state index in [9.17, 15) is 0 Å². The minimum atomic E-state index is 0.601. The summed E-state index contributed by atoms with van der Waals surface area (Å²) in [4.78, 5) is 10.5. The van der Waals surface area contributed by atoms with Crippen LogP contribution in [0.1, 0.15) is 11.3 Å². The Morgan fingerprint density at radius 3 is 1.91 bits per heavy atom. The molecular formula is C51H34N4. The van der Waals surface area contributed by atoms with E-state index in [2.05, 4.69) is 174 Å². The van der Waals surface area contributed by atoms with Crippen molar-refractivity contribution in [3.63, 3.8) is 0 Å². The van der Waals surface area contributed by atoms with Gasteiger partial charge in [-0.05, 0) is 70.3 Å². The van der Waals surface area contributed by atoms with Gasteiger partial charge in [0.15, 0.2) is 0 Å². The van der Waals surface area contributed by atoms with Gasteiger partial charge in [-0.3, -0.25) is 4.57 Å². The first-order chi connectivity index (χ1) is 27.1. The second-order valence-corrected chi connectivity index (χ2v) is 14.3. The van der Waals surface area contributed by atoms with E-state index in [1.807, 2.05) is 18.2 Å². The van der Waals surface area contributed by atoms with Crippen LogP contribution in [0.5, 0.6) is 0 Å². The van der Waals surface area contributed by atoms with Crippen molar-refractivity contribution < 1.29 is 0 Å². The summed E-state index contributed by atoms with van der Waals surface area (Å²) >= 11 is 0. The Balaban J connectivity index is 1.23. The zero-order valence-corrected chi connectivity index (χ0v) is 30.2. The van der Waals surface area contributed by atoms with Crippen LogP contribution in [-0.4, -0.2) is 19.1 Å². The summed E-state index contributed by atoms with van der Waals surface area (Å²) in [5, 5.41) is 12.5. The van der Waals surface area contributed by atoms with E-state index in [0.29, 0.717) is 5.95 Å². The molecule has 55 heavy (non-hydrogen) atoms. The van der Waals surface area contributed by atoms with E-state index in [4.69, 9.17) is 16.5 Å². The van der Waals surface area contributed by atoms with Crippen molar-refractivity contribution in [3.05, 3.63) is 192 Å². The van der Waals surface area contributed by atoms with Crippen LogP contribution in [0.4, 0.5) is 0 Å². The van der Waals surface area contributed by atoms with Crippen molar-refractivity contribution in [2.45, 2.75) is 6.92 Å². The fraction of sp³-hybridized carbons (Fsp3) is 0.0196. The van der Waals surface area contributed by atoms with Crippen LogP contribution in [-0.2, 0) is 0 Å². The minimum Gasteiger partial charge on any atom is -0.313 e. The largest absolute Gasteiger partial charge is 0.313 e. The number of nitrogens with zero attached hydrogens (tertiary/aromatic N) is 4. The second kappa shape index (κ2) is 12.1. The molecule has 3 heterocycles. The van der Waals surface area contributed by atoms with Crippen molar-refractivity contribution in [2.75, 3.05) is 0 Å². The highest BCUT2D eigenvalue weighted by molar-refractivity contribution is 6.12. The fourth-order valence-corrected chi connectivity index (χ4v) is 8.67. The quantitative estimate of drug-likeness (QED) is 0.171. The Kier molecular flexibility index (Phi) is 6.89. The van der Waals surface area contributed by atoms with Gasteiger partial charge < -0.3 is 4.57 Å². The summed E-state index contributed by atoms with van der Waals surface area (Å²) in [6.07, 6.45) is 2.34. The maximum Gasteiger partial charge on any atom is 0.235 e. The van der Waals surface area contributed by atoms with E-state index in [-0.39, 0.29) is 0 Å². The van der Waals surface area contributed by atoms with Crippen LogP contribution >= 0.6 is 0 Å². The van der Waals surface area contributed by atoms with Gasteiger partial charge in [-0.2, -0.15) is 0 Å². The Labute approximate surface area is 317 Å². The average molecular weight is 703 g/mol. The predicted octanol–water partition coefficient (Wildman–Crippen LogP) is 11.2. The maximum absolute atomic E-state index is 5.31. The van der Waals surface area contributed by atoms with E-state index in [1.54, 1.807) is 0 Å². The highest BCUT2D eigenvalue weighted by atomic mass is 15.2. The molecule has 4 nitrogen and oxygen atoms in total. The van der Waals surface area contributed by atoms with Crippen LogP contribution in [0.15, 0.2) is 170 Å². The predicted molar refractivity (Wildman–Crippen MR) is 231 cm³/mol. The van der Waals surface area contributed by atoms with Crippen LogP contribution in [0, 0.1) is 6.92 Å². The van der Waals surface area contributed by atoms with Crippen molar-refractivity contribution in [1.82, 2.24) is 19.1 Å². The molecule has 0 fully saturated rings. The number of para-hydroxylation sites is 2. The summed E-state index contributed by atoms with van der Waals surface area (Å²) in [5.74, 6) is 0.601. The normalized spacial score (nSPS) is 12.3. The zero-order chi connectivity index (χ0) is 36.6. The highest BCUT2D eigenvalue weighted by Gasteiger charge is 2.20. The van der Waals surface area contributed by atoms with Gasteiger partial charge in [0.05, 0.1) is 27.9 Å². The summed E-state index contributed by atoms with van der Waals surface area (Å²) in [6.45, 7) is 7.04. The highest BCUT2D eigenvalue weighted by Crippen LogP contribution is 2.37. The average Bonchev–Trinajstić information content (AvgIpc) is 3.67. The van der Waals surface area contributed by atoms with Gasteiger partial charge >= 0.3 is 0 Å². The second-order valence-electron chi connectivity index (χ2n) is 14.3. The molecule has 0 amide bonds. The molecule has 0 saturated carbocycles. The molecule has 258 valence electrons. The van der Waals surface area contributed by atoms with Crippen LogP contribution in [0.25, 0.3) is 101 Å². The zero-order valence-electron chi connectivity index (χ0n) is 30.2. The maximum atomic E-state index is 5.31. The number of benzene rings is 8. The van der Waals surface area contributed by atoms with Gasteiger partial charge in [0.25, 0.3) is 0 Å². The van der Waals surface area contributed by atoms with Crippen molar-refractivity contribution in [1.29, 1.82) is 0 Å². The van der Waals surface area contributed by atoms with Crippen LogP contribution < -0.4 is 10.6 Å². The summed E-state index contributed by atoms with van der Waals surface area (Å²) in [6, 6.07) is 60.3. The molecule has 11 rings (SSSR count). The number of fused-ring (bicyclic) bond motifs is 7. The summed E-state index contributed by atoms with van der Waals surface area (Å²) in [5.41, 5.74) is 8.51. The Hall–Kier alpha value is -7.30. The van der Waals surface area contributed by atoms with Gasteiger partial charge in [0, 0.05) is 48.9 Å². The number of hydrogen-bond acceptors (Lipinski definition) is 2. The molecule has 0 radical (unpaired) electrons. The van der Waals surface area contributed by atoms with E-state index in [1.165, 1.54) is 38.0 Å². The van der Waals surface area contributed by atoms with Gasteiger partial charge in [0.2, 0.25) is 5.95 Å². The molecule has 8 aromatic carbocycles. The van der Waals surface area contributed by atoms with Gasteiger partial charge in [-0.1, -0.05) is 146 Å². The lowest BCUT2D eigenvalue weighted by Crippen LogP contribution is -2.28. The molecule has 4 heteroatoms. The molecule has 0 unspecified atom stereocenters. The van der Waals surface area contributed by atoms with E-state index >= 15 is 0 Å². The summed E-state index contributed by atoms with van der Waals surface area (Å²) < 4.78 is 4.59. The first-order valence-corrected chi connectivity index (χ1v) is 18.7. The Bertz CT molecular complexity index is 3460. The number of aromatic nitrogens is 4. The third kappa shape index (κ3) is 4.78. The molecule has 3 aromatic heterocycles. The Morgan fingerprint density at radius 1 is 0.491 bits per heavy atom. The molecule has 0 aliphatic carbocycles. The lowest BCUT2D eigenvalue weighted by atomic mass is 10.00. The first-order valence-electron chi connectivity index (χ1n) is 18.7. The van der Waals surface area contributed by atoms with Gasteiger partial charge in [-0.15, -0.1) is 0 Å². The fourth-order valence-electron chi connectivity index (χ4n) is 8.67. The molecule has 0 bridgehead atoms.